The molecule has 0 aliphatic rings. The first-order chi connectivity index (χ1) is 9.97. The maximum absolute atomic E-state index is 10.7. The standard InChI is InChI=1S/C15H15NO5/c17-13-6-5-12-10(11(13)4-8-15(20)21)3-1-9(16-12)2-7-14(18)19/h1,3,5-6,17H,2,4,7-8H2,(H,18,19)(H,20,21). The Morgan fingerprint density at radius 2 is 1.62 bits per heavy atom. The van der Waals surface area contributed by atoms with E-state index in [1.54, 1.807) is 18.2 Å². The number of rotatable bonds is 6. The zero-order chi connectivity index (χ0) is 15.4. The summed E-state index contributed by atoms with van der Waals surface area (Å²) >= 11 is 0. The Hall–Kier alpha value is -2.63. The van der Waals surface area contributed by atoms with E-state index in [9.17, 15) is 14.7 Å². The SMILES string of the molecule is O=C(O)CCc1ccc2c(CCC(=O)O)c(O)ccc2n1. The zero-order valence-corrected chi connectivity index (χ0v) is 11.2. The number of carboxylic acids is 2. The van der Waals surface area contributed by atoms with Crippen molar-refractivity contribution in [2.75, 3.05) is 0 Å². The quantitative estimate of drug-likeness (QED) is 0.750. The first-order valence-corrected chi connectivity index (χ1v) is 6.51. The Kier molecular flexibility index (Phi) is 4.37. The summed E-state index contributed by atoms with van der Waals surface area (Å²) in [6, 6.07) is 6.57. The second kappa shape index (κ2) is 6.21. The van der Waals surface area contributed by atoms with Gasteiger partial charge >= 0.3 is 11.9 Å². The lowest BCUT2D eigenvalue weighted by atomic mass is 10.0. The Bertz CT molecular complexity index is 696. The minimum Gasteiger partial charge on any atom is -0.508 e. The highest BCUT2D eigenvalue weighted by Crippen LogP contribution is 2.27. The van der Waals surface area contributed by atoms with Crippen molar-refractivity contribution < 1.29 is 24.9 Å². The summed E-state index contributed by atoms with van der Waals surface area (Å²) in [5.41, 5.74) is 1.82. The van der Waals surface area contributed by atoms with Crippen LogP contribution in [0.15, 0.2) is 24.3 Å². The van der Waals surface area contributed by atoms with Gasteiger partial charge in [0, 0.05) is 29.5 Å². The Morgan fingerprint density at radius 3 is 2.29 bits per heavy atom. The molecule has 0 saturated carbocycles. The molecule has 6 nitrogen and oxygen atoms in total. The third-order valence-corrected chi connectivity index (χ3v) is 3.20. The molecular formula is C15H15NO5. The number of pyridine rings is 1. The number of aryl methyl sites for hydroxylation is 2. The normalized spacial score (nSPS) is 10.7. The van der Waals surface area contributed by atoms with Crippen LogP contribution in [0.2, 0.25) is 0 Å². The van der Waals surface area contributed by atoms with Gasteiger partial charge < -0.3 is 15.3 Å². The predicted molar refractivity (Wildman–Crippen MR) is 75.3 cm³/mol. The molecule has 21 heavy (non-hydrogen) atoms. The van der Waals surface area contributed by atoms with Crippen molar-refractivity contribution in [3.63, 3.8) is 0 Å². The third kappa shape index (κ3) is 3.68. The number of carboxylic acid groups (broad SMARTS) is 2. The van der Waals surface area contributed by atoms with Crippen molar-refractivity contribution in [1.82, 2.24) is 4.98 Å². The molecule has 0 unspecified atom stereocenters. The molecule has 0 saturated heterocycles. The summed E-state index contributed by atoms with van der Waals surface area (Å²) in [5.74, 6) is -1.77. The molecule has 6 heteroatoms. The lowest BCUT2D eigenvalue weighted by Crippen LogP contribution is -2.01. The van der Waals surface area contributed by atoms with Crippen molar-refractivity contribution in [3.8, 4) is 5.75 Å². The second-order valence-electron chi connectivity index (χ2n) is 4.72. The molecule has 2 aromatic rings. The number of carbonyl (C=O) groups is 2. The highest BCUT2D eigenvalue weighted by Gasteiger charge is 2.11. The number of hydrogen-bond acceptors (Lipinski definition) is 4. The molecular weight excluding hydrogens is 274 g/mol. The fourth-order valence-electron chi connectivity index (χ4n) is 2.16. The monoisotopic (exact) mass is 289 g/mol. The van der Waals surface area contributed by atoms with Crippen molar-refractivity contribution in [2.45, 2.75) is 25.7 Å². The van der Waals surface area contributed by atoms with E-state index in [4.69, 9.17) is 10.2 Å². The van der Waals surface area contributed by atoms with Crippen LogP contribution in [0.25, 0.3) is 10.9 Å². The summed E-state index contributed by atoms with van der Waals surface area (Å²) < 4.78 is 0. The molecule has 0 aliphatic carbocycles. The number of benzene rings is 1. The average molecular weight is 289 g/mol. The van der Waals surface area contributed by atoms with Gasteiger partial charge in [-0.1, -0.05) is 6.07 Å². The van der Waals surface area contributed by atoms with Gasteiger partial charge in [-0.3, -0.25) is 14.6 Å². The fourth-order valence-corrected chi connectivity index (χ4v) is 2.16. The molecule has 110 valence electrons. The van der Waals surface area contributed by atoms with Crippen molar-refractivity contribution >= 4 is 22.8 Å². The molecule has 0 aliphatic heterocycles. The van der Waals surface area contributed by atoms with Crippen molar-refractivity contribution in [2.24, 2.45) is 0 Å². The van der Waals surface area contributed by atoms with Gasteiger partial charge in [-0.25, -0.2) is 0 Å². The molecule has 0 fully saturated rings. The van der Waals surface area contributed by atoms with Gasteiger partial charge in [0.2, 0.25) is 0 Å². The molecule has 2 rings (SSSR count). The van der Waals surface area contributed by atoms with E-state index in [-0.39, 0.29) is 25.0 Å². The minimum atomic E-state index is -0.933. The van der Waals surface area contributed by atoms with Gasteiger partial charge in [-0.15, -0.1) is 0 Å². The van der Waals surface area contributed by atoms with Crippen LogP contribution >= 0.6 is 0 Å². The van der Waals surface area contributed by atoms with Gasteiger partial charge in [0.05, 0.1) is 11.9 Å². The van der Waals surface area contributed by atoms with Gasteiger partial charge in [0.25, 0.3) is 0 Å². The first-order valence-electron chi connectivity index (χ1n) is 6.51. The molecule has 3 N–H and O–H groups in total. The lowest BCUT2D eigenvalue weighted by molar-refractivity contribution is -0.138. The van der Waals surface area contributed by atoms with Crippen LogP contribution < -0.4 is 0 Å². The van der Waals surface area contributed by atoms with Crippen molar-refractivity contribution in [1.29, 1.82) is 0 Å². The molecule has 1 heterocycles. The van der Waals surface area contributed by atoms with E-state index in [0.29, 0.717) is 28.6 Å². The fraction of sp³-hybridized carbons (Fsp3) is 0.267. The Balaban J connectivity index is 2.34. The molecule has 1 aromatic heterocycles. The van der Waals surface area contributed by atoms with Crippen LogP contribution in [0, 0.1) is 0 Å². The highest BCUT2D eigenvalue weighted by atomic mass is 16.4. The Labute approximate surface area is 120 Å². The minimum absolute atomic E-state index is 0.00244. The molecule has 0 amide bonds. The van der Waals surface area contributed by atoms with E-state index in [0.717, 1.165) is 0 Å². The van der Waals surface area contributed by atoms with Crippen molar-refractivity contribution in [3.05, 3.63) is 35.5 Å². The molecule has 0 radical (unpaired) electrons. The number of fused-ring (bicyclic) bond motifs is 1. The van der Waals surface area contributed by atoms with Gasteiger partial charge in [-0.05, 0) is 24.6 Å². The number of nitrogens with zero attached hydrogens (tertiary/aromatic N) is 1. The summed E-state index contributed by atoms with van der Waals surface area (Å²) in [5, 5.41) is 28.0. The average Bonchev–Trinajstić information content (AvgIpc) is 2.43. The third-order valence-electron chi connectivity index (χ3n) is 3.20. The number of aliphatic carboxylic acids is 2. The number of aromatic hydroxyl groups is 1. The molecule has 0 bridgehead atoms. The lowest BCUT2D eigenvalue weighted by Gasteiger charge is -2.09. The van der Waals surface area contributed by atoms with E-state index in [2.05, 4.69) is 4.98 Å². The van der Waals surface area contributed by atoms with Crippen LogP contribution in [0.4, 0.5) is 0 Å². The molecule has 0 spiro atoms. The molecule has 1 aromatic carbocycles. The number of hydrogen-bond donors (Lipinski definition) is 3. The summed E-state index contributed by atoms with van der Waals surface area (Å²) in [6.07, 6.45) is 0.473. The maximum atomic E-state index is 10.7. The number of phenolic OH excluding ortho intramolecular Hbond substituents is 1. The van der Waals surface area contributed by atoms with E-state index < -0.39 is 11.9 Å². The largest absolute Gasteiger partial charge is 0.508 e. The summed E-state index contributed by atoms with van der Waals surface area (Å²) in [7, 11) is 0. The van der Waals surface area contributed by atoms with Gasteiger partial charge in [0.1, 0.15) is 5.75 Å². The van der Waals surface area contributed by atoms with E-state index in [1.807, 2.05) is 0 Å². The second-order valence-corrected chi connectivity index (χ2v) is 4.72. The Morgan fingerprint density at radius 1 is 0.952 bits per heavy atom. The number of aromatic nitrogens is 1. The van der Waals surface area contributed by atoms with Crippen LogP contribution in [-0.2, 0) is 22.4 Å². The van der Waals surface area contributed by atoms with Crippen LogP contribution in [-0.4, -0.2) is 32.2 Å². The maximum Gasteiger partial charge on any atom is 0.303 e. The van der Waals surface area contributed by atoms with Crippen LogP contribution in [0.1, 0.15) is 24.1 Å². The smallest absolute Gasteiger partial charge is 0.303 e. The van der Waals surface area contributed by atoms with E-state index in [1.165, 1.54) is 6.07 Å². The molecule has 0 atom stereocenters. The highest BCUT2D eigenvalue weighted by molar-refractivity contribution is 5.85. The zero-order valence-electron chi connectivity index (χ0n) is 11.2. The predicted octanol–water partition coefficient (Wildman–Crippen LogP) is 1.97. The van der Waals surface area contributed by atoms with E-state index >= 15 is 0 Å². The summed E-state index contributed by atoms with van der Waals surface area (Å²) in [6.45, 7) is 0. The summed E-state index contributed by atoms with van der Waals surface area (Å²) in [4.78, 5) is 25.6. The van der Waals surface area contributed by atoms with Gasteiger partial charge in [-0.2, -0.15) is 0 Å². The van der Waals surface area contributed by atoms with Crippen LogP contribution in [0.3, 0.4) is 0 Å². The number of phenols is 1. The van der Waals surface area contributed by atoms with Gasteiger partial charge in [0.15, 0.2) is 0 Å². The topological polar surface area (TPSA) is 108 Å². The first kappa shape index (κ1) is 14.8. The van der Waals surface area contributed by atoms with Crippen LogP contribution in [0.5, 0.6) is 5.75 Å².